The van der Waals surface area contributed by atoms with E-state index in [0.717, 1.165) is 31.4 Å². The van der Waals surface area contributed by atoms with Gasteiger partial charge in [0.2, 0.25) is 0 Å². The summed E-state index contributed by atoms with van der Waals surface area (Å²) in [5, 5.41) is 12.6. The number of aliphatic imine (C=N–C) groups is 1. The summed E-state index contributed by atoms with van der Waals surface area (Å²) < 4.78 is 0. The Hall–Kier alpha value is -1.55. The highest BCUT2D eigenvalue weighted by Gasteiger charge is 2.22. The van der Waals surface area contributed by atoms with E-state index in [2.05, 4.69) is 10.3 Å². The quantitative estimate of drug-likeness (QED) is 0.554. The second-order valence-corrected chi connectivity index (χ2v) is 4.90. The smallest absolute Gasteiger partial charge is 0.188 e. The van der Waals surface area contributed by atoms with Crippen molar-refractivity contribution in [3.63, 3.8) is 0 Å². The zero-order chi connectivity index (χ0) is 12.8. The van der Waals surface area contributed by atoms with Crippen molar-refractivity contribution in [2.45, 2.75) is 31.9 Å². The summed E-state index contributed by atoms with van der Waals surface area (Å²) in [4.78, 5) is 4.30. The Kier molecular flexibility index (Phi) is 4.59. The highest BCUT2D eigenvalue weighted by molar-refractivity contribution is 5.77. The molecule has 2 unspecified atom stereocenters. The van der Waals surface area contributed by atoms with Gasteiger partial charge in [-0.2, -0.15) is 0 Å². The molecule has 0 aliphatic heterocycles. The van der Waals surface area contributed by atoms with Crippen LogP contribution in [0.1, 0.15) is 24.8 Å². The van der Waals surface area contributed by atoms with Crippen LogP contribution in [0, 0.1) is 5.92 Å². The van der Waals surface area contributed by atoms with Gasteiger partial charge in [-0.25, -0.2) is 4.99 Å². The Labute approximate surface area is 108 Å². The first-order valence-corrected chi connectivity index (χ1v) is 6.50. The van der Waals surface area contributed by atoms with Gasteiger partial charge in [-0.3, -0.25) is 0 Å². The van der Waals surface area contributed by atoms with Crippen molar-refractivity contribution >= 4 is 5.96 Å². The summed E-state index contributed by atoms with van der Waals surface area (Å²) in [5.41, 5.74) is 6.96. The number of benzene rings is 1. The lowest BCUT2D eigenvalue weighted by molar-refractivity contribution is 0.178. The maximum absolute atomic E-state index is 9.43. The molecule has 4 heteroatoms. The zero-order valence-electron chi connectivity index (χ0n) is 10.5. The van der Waals surface area contributed by atoms with Gasteiger partial charge in [-0.05, 0) is 30.7 Å². The van der Waals surface area contributed by atoms with Crippen molar-refractivity contribution in [1.29, 1.82) is 0 Å². The van der Waals surface area contributed by atoms with Crippen molar-refractivity contribution in [1.82, 2.24) is 5.32 Å². The van der Waals surface area contributed by atoms with Crippen LogP contribution in [0.3, 0.4) is 0 Å². The van der Waals surface area contributed by atoms with Crippen LogP contribution in [0.25, 0.3) is 0 Å². The molecular weight excluding hydrogens is 226 g/mol. The SMILES string of the molecule is NC(=NCc1ccccc1)NCC1CCC(O)C1. The summed E-state index contributed by atoms with van der Waals surface area (Å²) in [6.07, 6.45) is 2.73. The monoisotopic (exact) mass is 247 g/mol. The van der Waals surface area contributed by atoms with Crippen LogP contribution in [0.5, 0.6) is 0 Å². The van der Waals surface area contributed by atoms with E-state index in [1.807, 2.05) is 30.3 Å². The Morgan fingerprint density at radius 3 is 2.78 bits per heavy atom. The van der Waals surface area contributed by atoms with E-state index >= 15 is 0 Å². The topological polar surface area (TPSA) is 70.6 Å². The molecule has 0 bridgehead atoms. The molecule has 0 amide bonds. The van der Waals surface area contributed by atoms with E-state index in [9.17, 15) is 5.11 Å². The van der Waals surface area contributed by atoms with E-state index in [1.165, 1.54) is 0 Å². The third kappa shape index (κ3) is 4.04. The van der Waals surface area contributed by atoms with Crippen LogP contribution in [-0.2, 0) is 6.54 Å². The minimum Gasteiger partial charge on any atom is -0.393 e. The first kappa shape index (κ1) is 12.9. The first-order chi connectivity index (χ1) is 8.74. The van der Waals surface area contributed by atoms with E-state index < -0.39 is 0 Å². The molecule has 1 aromatic rings. The Balaban J connectivity index is 1.72. The molecular formula is C14H21N3O. The largest absolute Gasteiger partial charge is 0.393 e. The molecule has 1 saturated carbocycles. The Morgan fingerprint density at radius 1 is 1.33 bits per heavy atom. The fourth-order valence-electron chi connectivity index (χ4n) is 2.30. The molecule has 1 fully saturated rings. The van der Waals surface area contributed by atoms with Crippen molar-refractivity contribution in [2.24, 2.45) is 16.6 Å². The molecule has 1 aliphatic carbocycles. The number of guanidine groups is 1. The predicted octanol–water partition coefficient (Wildman–Crippen LogP) is 1.25. The maximum Gasteiger partial charge on any atom is 0.188 e. The van der Waals surface area contributed by atoms with Crippen LogP contribution < -0.4 is 11.1 Å². The maximum atomic E-state index is 9.43. The molecule has 0 saturated heterocycles. The molecule has 1 aliphatic rings. The van der Waals surface area contributed by atoms with E-state index in [-0.39, 0.29) is 6.10 Å². The third-order valence-electron chi connectivity index (χ3n) is 3.36. The lowest BCUT2D eigenvalue weighted by Crippen LogP contribution is -2.35. The molecule has 0 aromatic heterocycles. The van der Waals surface area contributed by atoms with Gasteiger partial charge in [-0.1, -0.05) is 30.3 Å². The summed E-state index contributed by atoms with van der Waals surface area (Å²) in [6.45, 7) is 1.41. The molecule has 4 nitrogen and oxygen atoms in total. The molecule has 2 rings (SSSR count). The second kappa shape index (κ2) is 6.40. The summed E-state index contributed by atoms with van der Waals surface area (Å²) in [7, 11) is 0. The number of nitrogens with two attached hydrogens (primary N) is 1. The lowest BCUT2D eigenvalue weighted by Gasteiger charge is -2.11. The van der Waals surface area contributed by atoms with Crippen LogP contribution in [0.4, 0.5) is 0 Å². The molecule has 18 heavy (non-hydrogen) atoms. The van der Waals surface area contributed by atoms with Gasteiger partial charge in [0, 0.05) is 6.54 Å². The summed E-state index contributed by atoms with van der Waals surface area (Å²) in [6, 6.07) is 10.0. The highest BCUT2D eigenvalue weighted by Crippen LogP contribution is 2.24. The predicted molar refractivity (Wildman–Crippen MR) is 73.1 cm³/mol. The van der Waals surface area contributed by atoms with Crippen LogP contribution in [0.2, 0.25) is 0 Å². The zero-order valence-corrected chi connectivity index (χ0v) is 10.5. The molecule has 1 aromatic carbocycles. The molecule has 0 spiro atoms. The standard InChI is InChI=1S/C14H21N3O/c15-14(16-9-11-4-2-1-3-5-11)17-10-12-6-7-13(18)8-12/h1-5,12-13,18H,6-10H2,(H3,15,16,17). The Morgan fingerprint density at radius 2 is 2.11 bits per heavy atom. The minimum absolute atomic E-state index is 0.126. The highest BCUT2D eigenvalue weighted by atomic mass is 16.3. The number of rotatable bonds is 4. The molecule has 0 radical (unpaired) electrons. The van der Waals surface area contributed by atoms with Crippen molar-refractivity contribution in [3.05, 3.63) is 35.9 Å². The minimum atomic E-state index is -0.126. The first-order valence-electron chi connectivity index (χ1n) is 6.50. The van der Waals surface area contributed by atoms with Gasteiger partial charge in [0.15, 0.2) is 5.96 Å². The van der Waals surface area contributed by atoms with Gasteiger partial charge in [-0.15, -0.1) is 0 Å². The second-order valence-electron chi connectivity index (χ2n) is 4.90. The van der Waals surface area contributed by atoms with Gasteiger partial charge in [0.25, 0.3) is 0 Å². The lowest BCUT2D eigenvalue weighted by atomic mass is 10.1. The van der Waals surface area contributed by atoms with E-state index in [4.69, 9.17) is 5.73 Å². The number of nitrogens with zero attached hydrogens (tertiary/aromatic N) is 1. The molecule has 0 heterocycles. The average molecular weight is 247 g/mol. The van der Waals surface area contributed by atoms with Gasteiger partial charge >= 0.3 is 0 Å². The molecule has 4 N–H and O–H groups in total. The third-order valence-corrected chi connectivity index (χ3v) is 3.36. The fourth-order valence-corrected chi connectivity index (χ4v) is 2.30. The van der Waals surface area contributed by atoms with Gasteiger partial charge in [0.1, 0.15) is 0 Å². The fraction of sp³-hybridized carbons (Fsp3) is 0.500. The van der Waals surface area contributed by atoms with E-state index in [0.29, 0.717) is 18.4 Å². The number of hydrogen-bond donors (Lipinski definition) is 3. The normalized spacial score (nSPS) is 24.2. The van der Waals surface area contributed by atoms with E-state index in [1.54, 1.807) is 0 Å². The average Bonchev–Trinajstić information content (AvgIpc) is 2.81. The summed E-state index contributed by atoms with van der Waals surface area (Å²) >= 11 is 0. The number of nitrogens with one attached hydrogen (secondary N) is 1. The van der Waals surface area contributed by atoms with Crippen LogP contribution in [0.15, 0.2) is 35.3 Å². The van der Waals surface area contributed by atoms with Gasteiger partial charge < -0.3 is 16.2 Å². The van der Waals surface area contributed by atoms with Gasteiger partial charge in [0.05, 0.1) is 12.6 Å². The van der Waals surface area contributed by atoms with Crippen molar-refractivity contribution in [3.8, 4) is 0 Å². The number of aliphatic hydroxyl groups excluding tert-OH is 1. The van der Waals surface area contributed by atoms with Crippen LogP contribution in [-0.4, -0.2) is 23.7 Å². The van der Waals surface area contributed by atoms with Crippen molar-refractivity contribution < 1.29 is 5.11 Å². The molecule has 2 atom stereocenters. The van der Waals surface area contributed by atoms with Crippen molar-refractivity contribution in [2.75, 3.05) is 6.54 Å². The van der Waals surface area contributed by atoms with Crippen LogP contribution >= 0.6 is 0 Å². The number of hydrogen-bond acceptors (Lipinski definition) is 2. The number of aliphatic hydroxyl groups is 1. The Bertz CT molecular complexity index is 391. The summed E-state index contributed by atoms with van der Waals surface area (Å²) in [5.74, 6) is 1.01. The molecule has 98 valence electrons.